The molecule has 2 fully saturated rings. The molecule has 27 heavy (non-hydrogen) atoms. The summed E-state index contributed by atoms with van der Waals surface area (Å²) in [6, 6.07) is 3.80. The smallest absolute Gasteiger partial charge is 0.262 e. The van der Waals surface area contributed by atoms with Crippen LogP contribution in [-0.2, 0) is 10.3 Å². The molecule has 1 aliphatic heterocycles. The Hall–Kier alpha value is -2.48. The highest BCUT2D eigenvalue weighted by Gasteiger charge is 2.45. The van der Waals surface area contributed by atoms with Gasteiger partial charge in [0.2, 0.25) is 5.91 Å². The fraction of sp³-hybridized carbons (Fsp3) is 0.474. The van der Waals surface area contributed by atoms with Gasteiger partial charge in [-0.2, -0.15) is 0 Å². The van der Waals surface area contributed by atoms with Crippen LogP contribution in [0, 0.1) is 5.92 Å². The predicted octanol–water partition coefficient (Wildman–Crippen LogP) is 3.53. The van der Waals surface area contributed by atoms with Gasteiger partial charge in [0.25, 0.3) is 5.91 Å². The number of carbonyl (C=O) groups excluding carboxylic acids is 2. The van der Waals surface area contributed by atoms with Crippen LogP contribution >= 0.6 is 11.3 Å². The summed E-state index contributed by atoms with van der Waals surface area (Å²) in [7, 11) is 0. The molecule has 140 valence electrons. The second-order valence-corrected chi connectivity index (χ2v) is 8.68. The minimum atomic E-state index is -0.184. The van der Waals surface area contributed by atoms with E-state index in [1.807, 2.05) is 0 Å². The Morgan fingerprint density at radius 3 is 2.70 bits per heavy atom. The van der Waals surface area contributed by atoms with E-state index in [9.17, 15) is 9.59 Å². The molecule has 0 radical (unpaired) electrons. The Morgan fingerprint density at radius 1 is 1.15 bits per heavy atom. The average Bonchev–Trinajstić information content (AvgIpc) is 3.38. The van der Waals surface area contributed by atoms with Crippen LogP contribution in [0.15, 0.2) is 18.5 Å². The summed E-state index contributed by atoms with van der Waals surface area (Å²) < 4.78 is 0. The van der Waals surface area contributed by atoms with Crippen molar-refractivity contribution >= 4 is 39.8 Å². The van der Waals surface area contributed by atoms with Gasteiger partial charge < -0.3 is 16.0 Å². The molecule has 2 aromatic rings. The van der Waals surface area contributed by atoms with Crippen molar-refractivity contribution < 1.29 is 9.59 Å². The van der Waals surface area contributed by atoms with Crippen LogP contribution in [0.5, 0.6) is 0 Å². The SMILES string of the molecule is O=C1NC2(CCCCC2)c2cc(Nc3cc(NC(=O)C4CC4)ncn3)sc21. The molecular weight excluding hydrogens is 362 g/mol. The lowest BCUT2D eigenvalue weighted by Crippen LogP contribution is -2.40. The van der Waals surface area contributed by atoms with Crippen LogP contribution in [-0.4, -0.2) is 21.8 Å². The molecule has 0 aromatic carbocycles. The standard InChI is InChI=1S/C19H21N5O2S/c25-17(11-4-5-11)23-14-9-13(20-10-21-14)22-15-8-12-16(27-15)18(26)24-19(12)6-2-1-3-7-19/h8-11H,1-7H2,(H,24,26)(H2,20,21,22,23,25). The van der Waals surface area contributed by atoms with Crippen LogP contribution in [0.2, 0.25) is 0 Å². The van der Waals surface area contributed by atoms with Crippen LogP contribution in [0.4, 0.5) is 16.6 Å². The van der Waals surface area contributed by atoms with E-state index in [1.165, 1.54) is 24.1 Å². The summed E-state index contributed by atoms with van der Waals surface area (Å²) in [5.74, 6) is 1.28. The summed E-state index contributed by atoms with van der Waals surface area (Å²) in [5, 5.41) is 10.2. The van der Waals surface area contributed by atoms with Crippen LogP contribution in [0.3, 0.4) is 0 Å². The van der Waals surface area contributed by atoms with Gasteiger partial charge in [-0.05, 0) is 31.7 Å². The Bertz CT molecular complexity index is 915. The van der Waals surface area contributed by atoms with Gasteiger partial charge >= 0.3 is 0 Å². The molecule has 0 atom stereocenters. The van der Waals surface area contributed by atoms with E-state index in [0.29, 0.717) is 11.6 Å². The molecule has 5 rings (SSSR count). The zero-order valence-electron chi connectivity index (χ0n) is 14.9. The first-order valence-corrected chi connectivity index (χ1v) is 10.3. The van der Waals surface area contributed by atoms with E-state index >= 15 is 0 Å². The minimum absolute atomic E-state index is 0.0191. The minimum Gasteiger partial charge on any atom is -0.342 e. The number of thiophene rings is 1. The third-order valence-corrected chi connectivity index (χ3v) is 6.68. The fourth-order valence-corrected chi connectivity index (χ4v) is 5.12. The molecule has 2 aromatic heterocycles. The second kappa shape index (κ2) is 6.30. The molecule has 0 unspecified atom stereocenters. The monoisotopic (exact) mass is 383 g/mol. The van der Waals surface area contributed by atoms with Crippen LogP contribution < -0.4 is 16.0 Å². The van der Waals surface area contributed by atoms with Gasteiger partial charge in [-0.3, -0.25) is 9.59 Å². The summed E-state index contributed by atoms with van der Waals surface area (Å²) >= 11 is 1.46. The first kappa shape index (κ1) is 16.7. The van der Waals surface area contributed by atoms with E-state index < -0.39 is 0 Å². The lowest BCUT2D eigenvalue weighted by atomic mass is 9.78. The van der Waals surface area contributed by atoms with Gasteiger partial charge in [-0.15, -0.1) is 11.3 Å². The van der Waals surface area contributed by atoms with Gasteiger partial charge in [0, 0.05) is 17.5 Å². The Morgan fingerprint density at radius 2 is 1.93 bits per heavy atom. The van der Waals surface area contributed by atoms with E-state index in [0.717, 1.165) is 54.0 Å². The van der Waals surface area contributed by atoms with Crippen molar-refractivity contribution in [1.29, 1.82) is 0 Å². The maximum atomic E-state index is 12.4. The van der Waals surface area contributed by atoms with E-state index in [4.69, 9.17) is 0 Å². The van der Waals surface area contributed by atoms with Gasteiger partial charge in [0.05, 0.1) is 15.4 Å². The first-order chi connectivity index (χ1) is 13.1. The van der Waals surface area contributed by atoms with Gasteiger partial charge in [-0.25, -0.2) is 9.97 Å². The third kappa shape index (κ3) is 3.07. The highest BCUT2D eigenvalue weighted by molar-refractivity contribution is 7.18. The van der Waals surface area contributed by atoms with E-state index in [2.05, 4.69) is 32.0 Å². The molecule has 2 saturated carbocycles. The maximum Gasteiger partial charge on any atom is 0.262 e. The van der Waals surface area contributed by atoms with Crippen LogP contribution in [0.25, 0.3) is 0 Å². The molecule has 3 heterocycles. The number of nitrogens with zero attached hydrogens (tertiary/aromatic N) is 2. The number of carbonyl (C=O) groups is 2. The molecule has 8 heteroatoms. The number of aromatic nitrogens is 2. The first-order valence-electron chi connectivity index (χ1n) is 9.50. The second-order valence-electron chi connectivity index (χ2n) is 7.63. The molecule has 7 nitrogen and oxygen atoms in total. The fourth-order valence-electron chi connectivity index (χ4n) is 4.06. The highest BCUT2D eigenvalue weighted by atomic mass is 32.1. The Kier molecular flexibility index (Phi) is 3.89. The molecule has 2 amide bonds. The molecule has 0 saturated heterocycles. The third-order valence-electron chi connectivity index (χ3n) is 5.63. The predicted molar refractivity (Wildman–Crippen MR) is 103 cm³/mol. The average molecular weight is 383 g/mol. The van der Waals surface area contributed by atoms with Crippen molar-refractivity contribution in [3.8, 4) is 0 Å². The number of amides is 2. The number of fused-ring (bicyclic) bond motifs is 2. The summed E-state index contributed by atoms with van der Waals surface area (Å²) in [4.78, 5) is 33.5. The van der Waals surface area contributed by atoms with Crippen molar-refractivity contribution in [2.45, 2.75) is 50.5 Å². The van der Waals surface area contributed by atoms with Crippen molar-refractivity contribution in [2.24, 2.45) is 5.92 Å². The lowest BCUT2D eigenvalue weighted by molar-refractivity contribution is -0.117. The van der Waals surface area contributed by atoms with Crippen molar-refractivity contribution in [3.63, 3.8) is 0 Å². The Labute approximate surface area is 161 Å². The van der Waals surface area contributed by atoms with Crippen molar-refractivity contribution in [2.75, 3.05) is 10.6 Å². The largest absolute Gasteiger partial charge is 0.342 e. The lowest BCUT2D eigenvalue weighted by Gasteiger charge is -2.33. The van der Waals surface area contributed by atoms with Gasteiger partial charge in [-0.1, -0.05) is 19.3 Å². The molecule has 3 N–H and O–H groups in total. The van der Waals surface area contributed by atoms with Crippen LogP contribution in [0.1, 0.15) is 60.2 Å². The summed E-state index contributed by atoms with van der Waals surface area (Å²) in [6.45, 7) is 0. The van der Waals surface area contributed by atoms with Gasteiger partial charge in [0.1, 0.15) is 18.0 Å². The zero-order valence-corrected chi connectivity index (χ0v) is 15.7. The van der Waals surface area contributed by atoms with E-state index in [-0.39, 0.29) is 23.3 Å². The number of anilines is 3. The molecule has 1 spiro atoms. The van der Waals surface area contributed by atoms with Crippen molar-refractivity contribution in [1.82, 2.24) is 15.3 Å². The normalized spacial score (nSPS) is 20.2. The number of hydrogen-bond acceptors (Lipinski definition) is 6. The van der Waals surface area contributed by atoms with Gasteiger partial charge in [0.15, 0.2) is 0 Å². The Balaban J connectivity index is 1.36. The quantitative estimate of drug-likeness (QED) is 0.751. The van der Waals surface area contributed by atoms with E-state index in [1.54, 1.807) is 6.07 Å². The number of hydrogen-bond donors (Lipinski definition) is 3. The summed E-state index contributed by atoms with van der Waals surface area (Å²) in [6.07, 6.45) is 8.88. The van der Waals surface area contributed by atoms with Crippen molar-refractivity contribution in [3.05, 3.63) is 28.9 Å². The number of rotatable bonds is 4. The zero-order chi connectivity index (χ0) is 18.4. The topological polar surface area (TPSA) is 96.0 Å². The molecule has 0 bridgehead atoms. The summed E-state index contributed by atoms with van der Waals surface area (Å²) in [5.41, 5.74) is 0.937. The molecule has 2 aliphatic carbocycles. The maximum absolute atomic E-state index is 12.4. The number of nitrogens with one attached hydrogen (secondary N) is 3. The molecule has 3 aliphatic rings. The molecular formula is C19H21N5O2S. The highest BCUT2D eigenvalue weighted by Crippen LogP contribution is 2.47.